The number of aromatic nitrogens is 1. The minimum Gasteiger partial charge on any atom is -0.480 e. The lowest BCUT2D eigenvalue weighted by atomic mass is 9.80. The van der Waals surface area contributed by atoms with Gasteiger partial charge in [0.2, 0.25) is 5.88 Å². The summed E-state index contributed by atoms with van der Waals surface area (Å²) in [4.78, 5) is 5.18. The Labute approximate surface area is 170 Å². The van der Waals surface area contributed by atoms with E-state index in [4.69, 9.17) is 25.8 Å². The Balaban J connectivity index is 0.000000213. The molecule has 4 fully saturated rings. The molecule has 4 aliphatic heterocycles. The number of halogens is 1. The Hall–Kier alpha value is -0.570. The van der Waals surface area contributed by atoms with Crippen LogP contribution < -0.4 is 10.1 Å². The van der Waals surface area contributed by atoms with Crippen LogP contribution in [-0.2, 0) is 9.47 Å². The molecule has 8 heteroatoms. The molecule has 1 N–H and O–H groups in total. The van der Waals surface area contributed by atoms with Gasteiger partial charge in [0.15, 0.2) is 0 Å². The molecule has 0 atom stereocenters. The van der Waals surface area contributed by atoms with Gasteiger partial charge in [0.25, 0.3) is 0 Å². The fourth-order valence-electron chi connectivity index (χ4n) is 3.97. The van der Waals surface area contributed by atoms with E-state index in [0.29, 0.717) is 16.3 Å². The smallest absolute Gasteiger partial charge is 0.228 e. The summed E-state index contributed by atoms with van der Waals surface area (Å²) >= 11 is 7.70. The van der Waals surface area contributed by atoms with Gasteiger partial charge < -0.3 is 19.5 Å². The second-order valence-corrected chi connectivity index (χ2v) is 9.49. The van der Waals surface area contributed by atoms with Crippen molar-refractivity contribution in [3.63, 3.8) is 0 Å². The van der Waals surface area contributed by atoms with Crippen LogP contribution >= 0.6 is 23.5 Å². The molecule has 5 rings (SSSR count). The molecule has 5 heterocycles. The van der Waals surface area contributed by atoms with Crippen LogP contribution in [0.5, 0.6) is 5.88 Å². The number of pyridine rings is 1. The maximum atomic E-state index is 6.02. The standard InChI is InChI=1S/C14H19ClN2O2S.C5H9NO/c1-18-13-12(9-11(15)10-16-13)20-17-6-4-14(5-7-17)3-2-8-19-14;1-5(2-6-1)3-7-4-5/h9-10H,2-8H2,1H3;6H,1-4H2. The molecule has 0 aliphatic carbocycles. The molecule has 0 unspecified atom stereocenters. The van der Waals surface area contributed by atoms with E-state index in [-0.39, 0.29) is 5.60 Å². The van der Waals surface area contributed by atoms with Gasteiger partial charge in [0.1, 0.15) is 0 Å². The van der Waals surface area contributed by atoms with Crippen molar-refractivity contribution in [2.75, 3.05) is 53.1 Å². The normalized spacial score (nSPS) is 25.4. The Bertz CT molecular complexity index is 624. The molecule has 2 spiro atoms. The molecule has 1 aromatic heterocycles. The zero-order valence-corrected chi connectivity index (χ0v) is 17.4. The van der Waals surface area contributed by atoms with Crippen LogP contribution in [0.25, 0.3) is 0 Å². The average molecular weight is 414 g/mol. The van der Waals surface area contributed by atoms with Crippen molar-refractivity contribution in [1.82, 2.24) is 14.6 Å². The molecular formula is C19H28ClN3O3S. The third kappa shape index (κ3) is 4.54. The highest BCUT2D eigenvalue weighted by Crippen LogP contribution is 2.40. The van der Waals surface area contributed by atoms with Gasteiger partial charge in [-0.1, -0.05) is 11.6 Å². The summed E-state index contributed by atoms with van der Waals surface area (Å²) in [7, 11) is 1.64. The van der Waals surface area contributed by atoms with Crippen LogP contribution in [0, 0.1) is 5.41 Å². The van der Waals surface area contributed by atoms with Crippen LogP contribution in [0.2, 0.25) is 5.02 Å². The predicted molar refractivity (Wildman–Crippen MR) is 107 cm³/mol. The number of hydrogen-bond acceptors (Lipinski definition) is 7. The van der Waals surface area contributed by atoms with Gasteiger partial charge in [-0.2, -0.15) is 0 Å². The SMILES string of the molecule is C1NCC12COC2.COc1ncc(Cl)cc1SN1CCC2(CCCO2)CC1. The van der Waals surface area contributed by atoms with Crippen LogP contribution in [-0.4, -0.2) is 68.0 Å². The van der Waals surface area contributed by atoms with E-state index in [1.807, 2.05) is 6.07 Å². The first-order valence-electron chi connectivity index (χ1n) is 9.67. The lowest BCUT2D eigenvalue weighted by Gasteiger charge is -2.48. The molecule has 4 aliphatic rings. The first kappa shape index (κ1) is 19.7. The third-order valence-corrected chi connectivity index (χ3v) is 7.16. The summed E-state index contributed by atoms with van der Waals surface area (Å²) in [5.41, 5.74) is 0.772. The minimum absolute atomic E-state index is 0.160. The zero-order chi connectivity index (χ0) is 18.7. The van der Waals surface area contributed by atoms with Crippen LogP contribution in [0.1, 0.15) is 25.7 Å². The molecule has 150 valence electrons. The highest BCUT2D eigenvalue weighted by Gasteiger charge is 2.43. The van der Waals surface area contributed by atoms with Gasteiger partial charge in [-0.15, -0.1) is 0 Å². The summed E-state index contributed by atoms with van der Waals surface area (Å²) in [6.45, 7) is 7.36. The molecule has 27 heavy (non-hydrogen) atoms. The maximum absolute atomic E-state index is 6.02. The van der Waals surface area contributed by atoms with Gasteiger partial charge in [-0.25, -0.2) is 9.29 Å². The van der Waals surface area contributed by atoms with Gasteiger partial charge in [-0.05, 0) is 43.7 Å². The summed E-state index contributed by atoms with van der Waals surface area (Å²) in [5.74, 6) is 0.636. The van der Waals surface area contributed by atoms with Crippen LogP contribution in [0.4, 0.5) is 0 Å². The van der Waals surface area contributed by atoms with E-state index >= 15 is 0 Å². The quantitative estimate of drug-likeness (QED) is 0.764. The van der Waals surface area contributed by atoms with Crippen LogP contribution in [0.3, 0.4) is 0 Å². The van der Waals surface area contributed by atoms with Crippen molar-refractivity contribution in [3.8, 4) is 5.88 Å². The number of hydrogen-bond donors (Lipinski definition) is 1. The van der Waals surface area contributed by atoms with Gasteiger partial charge in [-0.3, -0.25) is 0 Å². The number of rotatable bonds is 3. The van der Waals surface area contributed by atoms with Crippen molar-refractivity contribution >= 4 is 23.5 Å². The first-order valence-corrected chi connectivity index (χ1v) is 10.8. The van der Waals surface area contributed by atoms with Crippen molar-refractivity contribution in [1.29, 1.82) is 0 Å². The lowest BCUT2D eigenvalue weighted by molar-refractivity contribution is -0.139. The summed E-state index contributed by atoms with van der Waals surface area (Å²) in [6.07, 6.45) is 6.25. The van der Waals surface area contributed by atoms with E-state index < -0.39 is 0 Å². The lowest BCUT2D eigenvalue weighted by Crippen LogP contribution is -2.64. The van der Waals surface area contributed by atoms with Gasteiger partial charge in [0.05, 0.1) is 35.8 Å². The fraction of sp³-hybridized carbons (Fsp3) is 0.737. The average Bonchev–Trinajstić information content (AvgIpc) is 3.04. The highest BCUT2D eigenvalue weighted by molar-refractivity contribution is 7.97. The molecule has 4 saturated heterocycles. The second kappa shape index (κ2) is 8.43. The summed E-state index contributed by atoms with van der Waals surface area (Å²) in [6, 6.07) is 1.91. The van der Waals surface area contributed by atoms with E-state index in [0.717, 1.165) is 50.6 Å². The Morgan fingerprint density at radius 1 is 1.26 bits per heavy atom. The number of methoxy groups -OCH3 is 1. The fourth-order valence-corrected chi connectivity index (χ4v) is 5.23. The molecule has 0 radical (unpaired) electrons. The Morgan fingerprint density at radius 3 is 2.52 bits per heavy atom. The molecule has 0 bridgehead atoms. The molecule has 0 amide bonds. The molecular weight excluding hydrogens is 386 g/mol. The second-order valence-electron chi connectivity index (χ2n) is 7.91. The van der Waals surface area contributed by atoms with Crippen LogP contribution in [0.15, 0.2) is 17.2 Å². The van der Waals surface area contributed by atoms with E-state index in [1.54, 1.807) is 25.3 Å². The predicted octanol–water partition coefficient (Wildman–Crippen LogP) is 3.00. The monoisotopic (exact) mass is 413 g/mol. The number of nitrogens with one attached hydrogen (secondary N) is 1. The number of ether oxygens (including phenoxy) is 3. The number of nitrogens with zero attached hydrogens (tertiary/aromatic N) is 2. The van der Waals surface area contributed by atoms with Gasteiger partial charge >= 0.3 is 0 Å². The van der Waals surface area contributed by atoms with Gasteiger partial charge in [0, 0.05) is 44.4 Å². The Morgan fingerprint density at radius 2 is 2.04 bits per heavy atom. The number of piperidine rings is 1. The molecule has 1 aromatic rings. The zero-order valence-electron chi connectivity index (χ0n) is 15.8. The van der Waals surface area contributed by atoms with Crippen molar-refractivity contribution < 1.29 is 14.2 Å². The van der Waals surface area contributed by atoms with Crippen molar-refractivity contribution in [2.24, 2.45) is 5.41 Å². The maximum Gasteiger partial charge on any atom is 0.228 e. The van der Waals surface area contributed by atoms with E-state index in [9.17, 15) is 0 Å². The topological polar surface area (TPSA) is 55.8 Å². The molecule has 0 saturated carbocycles. The largest absolute Gasteiger partial charge is 0.480 e. The molecule has 6 nitrogen and oxygen atoms in total. The van der Waals surface area contributed by atoms with Crippen molar-refractivity contribution in [3.05, 3.63) is 17.3 Å². The highest BCUT2D eigenvalue weighted by atomic mass is 35.5. The minimum atomic E-state index is 0.160. The molecule has 0 aromatic carbocycles. The summed E-state index contributed by atoms with van der Waals surface area (Å²) in [5, 5.41) is 3.86. The Kier molecular flexibility index (Phi) is 6.16. The summed E-state index contributed by atoms with van der Waals surface area (Å²) < 4.78 is 18.6. The van der Waals surface area contributed by atoms with E-state index in [2.05, 4.69) is 14.6 Å². The third-order valence-electron chi connectivity index (χ3n) is 5.84. The van der Waals surface area contributed by atoms with E-state index in [1.165, 1.54) is 25.9 Å². The first-order chi connectivity index (χ1) is 13.1. The van der Waals surface area contributed by atoms with Crippen molar-refractivity contribution in [2.45, 2.75) is 36.2 Å².